The second-order valence-corrected chi connectivity index (χ2v) is 34.3. The summed E-state index contributed by atoms with van der Waals surface area (Å²) in [5, 5.41) is 75.9. The number of carbonyl (C=O) groups is 2. The van der Waals surface area contributed by atoms with E-state index in [2.05, 4.69) is 79.1 Å². The minimum atomic E-state index is -4.74. The van der Waals surface area contributed by atoms with E-state index < -0.39 is 146 Å². The molecule has 0 saturated carbocycles. The number of hydrogen-bond donors (Lipinski definition) is 7. The molecule has 136 heavy (non-hydrogen) atoms. The molecule has 51 nitrogen and oxygen atoms in total. The average molecular weight is 2040 g/mol. The summed E-state index contributed by atoms with van der Waals surface area (Å²) in [5.74, 6) is -1.52. The first kappa shape index (κ1) is 139. The highest BCUT2D eigenvalue weighted by atomic mass is 31.2. The van der Waals surface area contributed by atoms with Crippen molar-refractivity contribution in [2.75, 3.05) is 365 Å². The van der Waals surface area contributed by atoms with E-state index in [1.807, 2.05) is 0 Å². The van der Waals surface area contributed by atoms with Crippen LogP contribution < -0.4 is 16.4 Å². The Morgan fingerprint density at radius 1 is 0.353 bits per heavy atom. The largest absolute Gasteiger partial charge is 0.475 e. The Morgan fingerprint density at radius 3 is 0.772 bits per heavy atom. The zero-order valence-corrected chi connectivity index (χ0v) is 84.3. The minimum Gasteiger partial charge on any atom is -0.394 e. The minimum absolute atomic E-state index is 0.00740. The molecule has 8 N–H and O–H groups in total. The molecule has 0 heterocycles. The molecule has 4 unspecified atom stereocenters. The summed E-state index contributed by atoms with van der Waals surface area (Å²) in [5.41, 5.74) is 0.333. The van der Waals surface area contributed by atoms with E-state index in [9.17, 15) is 23.3 Å². The first-order valence-electron chi connectivity index (χ1n) is 43.5. The van der Waals surface area contributed by atoms with Crippen LogP contribution in [-0.2, 0) is 163 Å². The van der Waals surface area contributed by atoms with Gasteiger partial charge in [0.2, 0.25) is 38.0 Å². The van der Waals surface area contributed by atoms with Crippen LogP contribution in [0.3, 0.4) is 0 Å². The van der Waals surface area contributed by atoms with Crippen LogP contribution in [0.2, 0.25) is 0 Å². The fourth-order valence-electron chi connectivity index (χ4n) is 8.48. The highest BCUT2D eigenvalue weighted by Gasteiger charge is 2.44. The van der Waals surface area contributed by atoms with Crippen molar-refractivity contribution in [3.05, 3.63) is 45.7 Å². The Kier molecular flexibility index (Phi) is 105. The van der Waals surface area contributed by atoms with Crippen molar-refractivity contribution < 1.29 is 184 Å². The predicted molar refractivity (Wildman–Crippen MR) is 488 cm³/mol. The summed E-state index contributed by atoms with van der Waals surface area (Å²) < 4.78 is 199. The lowest BCUT2D eigenvalue weighted by Crippen LogP contribution is -2.59. The number of aliphatic hydroxyl groups excluding tert-OH is 3. The van der Waals surface area contributed by atoms with Gasteiger partial charge in [0, 0.05) is 26.3 Å². The highest BCUT2D eigenvalue weighted by molar-refractivity contribution is 7.49. The highest BCUT2D eigenvalue weighted by Crippen LogP contribution is 2.54. The summed E-state index contributed by atoms with van der Waals surface area (Å²) in [7, 11) is -10.7. The Hall–Kier alpha value is -5.46. The Morgan fingerprint density at radius 2 is 0.559 bits per heavy atom. The number of hydrogen-bond acceptors (Lipinski definition) is 45. The molecular weight excluding hydrogens is 1890 g/mol. The number of nitrogens with zero attached hydrogens (tertiary/aromatic N) is 9. The van der Waals surface area contributed by atoms with Gasteiger partial charge in [-0.1, -0.05) is 0 Å². The van der Waals surface area contributed by atoms with Gasteiger partial charge in [-0.25, -0.2) is 49.5 Å². The second kappa shape index (κ2) is 102. The van der Waals surface area contributed by atoms with Crippen molar-refractivity contribution in [2.24, 2.45) is 5.73 Å². The van der Waals surface area contributed by atoms with Gasteiger partial charge in [-0.15, -0.1) is 0 Å². The first-order valence-corrected chi connectivity index (χ1v) is 49.0. The number of carbonyl (C=O) groups excluding carboxylic acids is 2. The van der Waals surface area contributed by atoms with Crippen LogP contribution in [0, 0.1) is 71.6 Å². The molecule has 0 bridgehead atoms. The predicted octanol–water partition coefficient (Wildman–Crippen LogP) is 5.24. The molecule has 0 saturated heterocycles. The van der Waals surface area contributed by atoms with E-state index in [-0.39, 0.29) is 91.8 Å². The Bertz CT molecular complexity index is 3010. The van der Waals surface area contributed by atoms with E-state index in [0.29, 0.717) is 203 Å². The van der Waals surface area contributed by atoms with Crippen molar-refractivity contribution in [2.45, 2.75) is 103 Å². The summed E-state index contributed by atoms with van der Waals surface area (Å²) in [4.78, 5) is 41.9. The molecule has 0 fully saturated rings. The fourth-order valence-corrected chi connectivity index (χ4v) is 13.8. The lowest BCUT2D eigenvalue weighted by molar-refractivity contribution is -0.306. The molecule has 0 spiro atoms. The standard InChI is InChI=1S/C41H68N7O22P3.C23H47NO13.C12H22N3O2P.C4H10O2.CH5N/c1-45-11-17-65-71(50,62-14-5-8-42)68-37-41(38-69-72(51,63-15-6-9-43)66-18-12-46-2,39-70-73(52,64-16-7-10-44)67-19-13-47-3)48-40(49)36-61-35-34-60-33-32-59-31-30-58-29-28-57-27-26-56-25-24-55-23-22-54-21-20-53-4;1-29-2-3-30-4-5-31-6-7-32-8-9-33-10-11-34-12-13-35-14-15-36-16-17-37-18-22(28)24-23(19-25,20-26)21-27;1-11(2)15(12(3)4)18(16-9-6-7-13)17-10-8-14-5;1-4(2,3)6-5;1-2/h5-7,11-39H2,4H3,(H,48,49);25-27H,2-21H2,1H3,(H,24,28);11-12H,6,8-10H2,1-4H3;5H,1-3H3;2H2,1H3. The number of aliphatic hydroxyl groups is 3. The fraction of sp³-hybridized carbons (Fsp3) is 0.877. The molecule has 0 aromatic carbocycles. The topological polar surface area (TPSA) is 609 Å². The smallest absolute Gasteiger partial charge is 0.394 e. The van der Waals surface area contributed by atoms with Crippen LogP contribution in [0.15, 0.2) is 0 Å². The zero-order valence-electron chi connectivity index (χ0n) is 80.7. The molecule has 0 aliphatic heterocycles. The monoisotopic (exact) mass is 2040 g/mol. The van der Waals surface area contributed by atoms with Gasteiger partial charge >= 0.3 is 23.5 Å². The summed E-state index contributed by atoms with van der Waals surface area (Å²) >= 11 is 0. The van der Waals surface area contributed by atoms with Gasteiger partial charge in [0.15, 0.2) is 0 Å². The average Bonchev–Trinajstić information content (AvgIpc) is 0.812. The molecule has 790 valence electrons. The number of rotatable bonds is 93. The molecule has 0 aromatic rings. The number of amides is 2. The molecule has 0 radical (unpaired) electrons. The van der Waals surface area contributed by atoms with E-state index in [4.69, 9.17) is 203 Å². The van der Waals surface area contributed by atoms with Crippen molar-refractivity contribution in [3.8, 4) is 24.3 Å². The maximum atomic E-state index is 13.8. The molecule has 0 aromatic heterocycles. The lowest BCUT2D eigenvalue weighted by atomic mass is 10.0. The number of methoxy groups -OCH3 is 2. The van der Waals surface area contributed by atoms with Crippen LogP contribution in [0.25, 0.3) is 19.4 Å². The van der Waals surface area contributed by atoms with Crippen molar-refractivity contribution in [1.82, 2.24) is 15.3 Å². The number of nitrogens with two attached hydrogens (primary N) is 1. The molecular formula is C81H152N12O39P4. The number of phosphoric ester groups is 3. The number of phosphoric acid groups is 3. The summed E-state index contributed by atoms with van der Waals surface area (Å²) in [6.45, 7) is 45.6. The molecule has 4 atom stereocenters. The molecule has 0 aliphatic carbocycles. The number of ether oxygens (including phenoxy) is 18. The van der Waals surface area contributed by atoms with Gasteiger partial charge in [0.05, 0.1) is 333 Å². The number of nitriles is 4. The third-order valence-electron chi connectivity index (χ3n) is 14.8. The quantitative estimate of drug-likeness (QED) is 0.0135. The summed E-state index contributed by atoms with van der Waals surface area (Å²) in [6, 6.07) is 8.00. The Balaban J connectivity index is -0.000000741. The van der Waals surface area contributed by atoms with Crippen molar-refractivity contribution in [1.29, 1.82) is 21.0 Å². The maximum Gasteiger partial charge on any atom is 0.475 e. The van der Waals surface area contributed by atoms with Crippen LogP contribution in [-0.4, -0.2) is 430 Å². The van der Waals surface area contributed by atoms with Crippen LogP contribution in [0.5, 0.6) is 0 Å². The van der Waals surface area contributed by atoms with Crippen LogP contribution in [0.1, 0.15) is 74.1 Å². The van der Waals surface area contributed by atoms with Crippen molar-refractivity contribution in [3.63, 3.8) is 0 Å². The molecule has 55 heteroatoms. The van der Waals surface area contributed by atoms with Crippen LogP contribution >= 0.6 is 32.0 Å². The Labute approximate surface area is 803 Å². The van der Waals surface area contributed by atoms with Gasteiger partial charge in [-0.3, -0.25) is 55.6 Å². The third-order valence-corrected chi connectivity index (χ3v) is 21.3. The normalized spacial score (nSPS) is 13.2. The maximum absolute atomic E-state index is 13.8. The molecule has 0 rings (SSSR count). The SMILES string of the molecule is CC(C)(C)OO.CN.COCCOCCOCCOCCOCCOCCOCCOCCOCC(=O)NC(CO)(CO)CO.[C-]#[N+]CCOP(=O)(OCCC#N)OCC(COP(=O)(OCCC#N)OCC[N+]#[C-])(COP(=O)(OCCC#N)OCC[N+]#[C-])NC(=O)COCCOCCOCCOCCOCCOCCOCCOCCOC.[C-]#[N+]CCOP(OCCC#N)N(C(C)C)C(C)C. The van der Waals surface area contributed by atoms with E-state index in [1.165, 1.54) is 7.05 Å². The van der Waals surface area contributed by atoms with Crippen LogP contribution in [0.4, 0.5) is 0 Å². The summed E-state index contributed by atoms with van der Waals surface area (Å²) in [6.07, 6.45) is -0.496. The van der Waals surface area contributed by atoms with E-state index >= 15 is 0 Å². The van der Waals surface area contributed by atoms with Gasteiger partial charge < -0.3 is 145 Å². The first-order chi connectivity index (χ1) is 65.7. The lowest BCUT2D eigenvalue weighted by Gasteiger charge is -2.36. The molecule has 2 amide bonds. The van der Waals surface area contributed by atoms with Gasteiger partial charge in [0.1, 0.15) is 50.7 Å². The number of nitrogens with one attached hydrogen (secondary N) is 2. The van der Waals surface area contributed by atoms with E-state index in [0.717, 1.165) is 0 Å². The zero-order chi connectivity index (χ0) is 102. The van der Waals surface area contributed by atoms with Gasteiger partial charge in [-0.05, 0) is 55.5 Å². The third kappa shape index (κ3) is 93.5. The molecule has 0 aliphatic rings. The van der Waals surface area contributed by atoms with Gasteiger partial charge in [-0.2, -0.15) is 21.0 Å². The van der Waals surface area contributed by atoms with Gasteiger partial charge in [0.25, 0.3) is 8.53 Å². The van der Waals surface area contributed by atoms with E-state index in [1.54, 1.807) is 53.2 Å². The second-order valence-electron chi connectivity index (χ2n) is 27.8. The van der Waals surface area contributed by atoms with Crippen molar-refractivity contribution >= 4 is 43.8 Å².